The molecule has 1 aromatic carbocycles. The SMILES string of the molecule is CCc1ccc(Oc2nnc(Cl)c(C)c2C)cc1. The maximum Gasteiger partial charge on any atom is 0.242 e. The van der Waals surface area contributed by atoms with Crippen LogP contribution in [-0.2, 0) is 6.42 Å². The molecule has 0 spiro atoms. The highest BCUT2D eigenvalue weighted by atomic mass is 35.5. The molecule has 0 unspecified atom stereocenters. The summed E-state index contributed by atoms with van der Waals surface area (Å²) in [5, 5.41) is 8.25. The van der Waals surface area contributed by atoms with E-state index in [2.05, 4.69) is 17.1 Å². The number of hydrogen-bond donors (Lipinski definition) is 0. The van der Waals surface area contributed by atoms with Crippen LogP contribution in [0, 0.1) is 13.8 Å². The molecule has 0 aliphatic carbocycles. The van der Waals surface area contributed by atoms with E-state index in [1.165, 1.54) is 5.56 Å². The van der Waals surface area contributed by atoms with Gasteiger partial charge < -0.3 is 4.74 Å². The van der Waals surface area contributed by atoms with Crippen molar-refractivity contribution >= 4 is 11.6 Å². The summed E-state index contributed by atoms with van der Waals surface area (Å²) >= 11 is 5.90. The summed E-state index contributed by atoms with van der Waals surface area (Å²) in [6.45, 7) is 5.94. The molecule has 2 aromatic rings. The van der Waals surface area contributed by atoms with Gasteiger partial charge in [0.05, 0.1) is 0 Å². The lowest BCUT2D eigenvalue weighted by molar-refractivity contribution is 0.450. The number of benzene rings is 1. The topological polar surface area (TPSA) is 35.0 Å². The molecule has 94 valence electrons. The highest BCUT2D eigenvalue weighted by molar-refractivity contribution is 6.30. The van der Waals surface area contributed by atoms with Crippen LogP contribution in [0.1, 0.15) is 23.6 Å². The van der Waals surface area contributed by atoms with Crippen molar-refractivity contribution < 1.29 is 4.74 Å². The quantitative estimate of drug-likeness (QED) is 0.835. The van der Waals surface area contributed by atoms with Crippen LogP contribution in [0.4, 0.5) is 0 Å². The van der Waals surface area contributed by atoms with E-state index in [-0.39, 0.29) is 0 Å². The van der Waals surface area contributed by atoms with Crippen molar-refractivity contribution in [3.05, 3.63) is 46.1 Å². The van der Waals surface area contributed by atoms with Gasteiger partial charge in [0.15, 0.2) is 5.15 Å². The van der Waals surface area contributed by atoms with E-state index in [0.29, 0.717) is 11.0 Å². The van der Waals surface area contributed by atoms with Gasteiger partial charge in [-0.1, -0.05) is 30.7 Å². The Bertz CT molecular complexity index is 552. The van der Waals surface area contributed by atoms with E-state index < -0.39 is 0 Å². The van der Waals surface area contributed by atoms with Crippen molar-refractivity contribution in [2.45, 2.75) is 27.2 Å². The summed E-state index contributed by atoms with van der Waals surface area (Å²) in [5.74, 6) is 1.26. The fourth-order valence-corrected chi connectivity index (χ4v) is 1.74. The lowest BCUT2D eigenvalue weighted by Gasteiger charge is -2.09. The van der Waals surface area contributed by atoms with Gasteiger partial charge in [0.25, 0.3) is 0 Å². The van der Waals surface area contributed by atoms with E-state index in [1.807, 2.05) is 38.1 Å². The monoisotopic (exact) mass is 262 g/mol. The normalized spacial score (nSPS) is 10.4. The van der Waals surface area contributed by atoms with Crippen molar-refractivity contribution in [1.29, 1.82) is 0 Å². The summed E-state index contributed by atoms with van der Waals surface area (Å²) in [4.78, 5) is 0. The molecule has 0 atom stereocenters. The van der Waals surface area contributed by atoms with Crippen LogP contribution in [0.3, 0.4) is 0 Å². The lowest BCUT2D eigenvalue weighted by atomic mass is 10.2. The zero-order valence-corrected chi connectivity index (χ0v) is 11.5. The number of nitrogens with zero attached hydrogens (tertiary/aromatic N) is 2. The molecule has 1 aromatic heterocycles. The third-order valence-electron chi connectivity index (χ3n) is 2.97. The molecule has 4 heteroatoms. The van der Waals surface area contributed by atoms with Crippen LogP contribution >= 0.6 is 11.6 Å². The van der Waals surface area contributed by atoms with Crippen LogP contribution in [0.25, 0.3) is 0 Å². The first-order chi connectivity index (χ1) is 8.61. The summed E-state index contributed by atoms with van der Waals surface area (Å²) < 4.78 is 5.71. The zero-order chi connectivity index (χ0) is 13.1. The van der Waals surface area contributed by atoms with Crippen LogP contribution in [0.5, 0.6) is 11.6 Å². The maximum absolute atomic E-state index is 5.90. The third-order valence-corrected chi connectivity index (χ3v) is 3.33. The van der Waals surface area contributed by atoms with Crippen molar-refractivity contribution in [2.24, 2.45) is 0 Å². The molecule has 0 aliphatic heterocycles. The first-order valence-corrected chi connectivity index (χ1v) is 6.25. The van der Waals surface area contributed by atoms with E-state index in [0.717, 1.165) is 23.3 Å². The molecule has 0 radical (unpaired) electrons. The van der Waals surface area contributed by atoms with Gasteiger partial charge in [0.2, 0.25) is 5.88 Å². The molecular formula is C14H15ClN2O. The minimum atomic E-state index is 0.418. The molecule has 1 heterocycles. The van der Waals surface area contributed by atoms with Crippen molar-refractivity contribution in [1.82, 2.24) is 10.2 Å². The summed E-state index contributed by atoms with van der Waals surface area (Å²) in [6.07, 6.45) is 1.01. The highest BCUT2D eigenvalue weighted by Gasteiger charge is 2.09. The molecule has 0 fully saturated rings. The largest absolute Gasteiger partial charge is 0.437 e. The van der Waals surface area contributed by atoms with Gasteiger partial charge in [-0.3, -0.25) is 0 Å². The Morgan fingerprint density at radius 1 is 1.06 bits per heavy atom. The minimum absolute atomic E-state index is 0.418. The second-order valence-corrected chi connectivity index (χ2v) is 4.50. The Labute approximate surface area is 112 Å². The Hall–Kier alpha value is -1.61. The van der Waals surface area contributed by atoms with E-state index in [1.54, 1.807) is 0 Å². The van der Waals surface area contributed by atoms with Gasteiger partial charge in [-0.15, -0.1) is 10.2 Å². The van der Waals surface area contributed by atoms with E-state index in [9.17, 15) is 0 Å². The maximum atomic E-state index is 5.90. The predicted molar refractivity (Wildman–Crippen MR) is 72.4 cm³/mol. The van der Waals surface area contributed by atoms with Crippen molar-refractivity contribution in [2.75, 3.05) is 0 Å². The van der Waals surface area contributed by atoms with Crippen molar-refractivity contribution in [3.63, 3.8) is 0 Å². The van der Waals surface area contributed by atoms with Gasteiger partial charge in [-0.05, 0) is 43.5 Å². The Balaban J connectivity index is 2.25. The zero-order valence-electron chi connectivity index (χ0n) is 10.7. The number of aromatic nitrogens is 2. The van der Waals surface area contributed by atoms with Crippen LogP contribution < -0.4 is 4.74 Å². The highest BCUT2D eigenvalue weighted by Crippen LogP contribution is 2.26. The summed E-state index contributed by atoms with van der Waals surface area (Å²) in [7, 11) is 0. The van der Waals surface area contributed by atoms with E-state index >= 15 is 0 Å². The molecule has 0 bridgehead atoms. The molecular weight excluding hydrogens is 248 g/mol. The van der Waals surface area contributed by atoms with Gasteiger partial charge in [0, 0.05) is 5.56 Å². The molecule has 0 saturated carbocycles. The predicted octanol–water partition coefficient (Wildman–Crippen LogP) is 4.10. The van der Waals surface area contributed by atoms with Crippen LogP contribution in [0.15, 0.2) is 24.3 Å². The van der Waals surface area contributed by atoms with Gasteiger partial charge >= 0.3 is 0 Å². The smallest absolute Gasteiger partial charge is 0.242 e. The Morgan fingerprint density at radius 2 is 1.72 bits per heavy atom. The fraction of sp³-hybridized carbons (Fsp3) is 0.286. The third kappa shape index (κ3) is 2.62. The summed E-state index contributed by atoms with van der Waals surface area (Å²) in [5.41, 5.74) is 3.08. The van der Waals surface area contributed by atoms with Crippen LogP contribution in [-0.4, -0.2) is 10.2 Å². The van der Waals surface area contributed by atoms with Crippen LogP contribution in [0.2, 0.25) is 5.15 Å². The number of aryl methyl sites for hydroxylation is 1. The molecule has 0 amide bonds. The average molecular weight is 263 g/mol. The number of rotatable bonds is 3. The molecule has 2 rings (SSSR count). The number of halogens is 1. The fourth-order valence-electron chi connectivity index (χ4n) is 1.56. The second-order valence-electron chi connectivity index (χ2n) is 4.15. The molecule has 0 saturated heterocycles. The lowest BCUT2D eigenvalue weighted by Crippen LogP contribution is -1.97. The molecule has 3 nitrogen and oxygen atoms in total. The Morgan fingerprint density at radius 3 is 2.33 bits per heavy atom. The second kappa shape index (κ2) is 5.36. The van der Waals surface area contributed by atoms with Gasteiger partial charge in [0.1, 0.15) is 5.75 Å². The minimum Gasteiger partial charge on any atom is -0.437 e. The molecule has 0 aliphatic rings. The number of ether oxygens (including phenoxy) is 1. The van der Waals surface area contributed by atoms with Gasteiger partial charge in [-0.2, -0.15) is 0 Å². The molecule has 0 N–H and O–H groups in total. The summed E-state index contributed by atoms with van der Waals surface area (Å²) in [6, 6.07) is 7.95. The Kier molecular flexibility index (Phi) is 3.82. The average Bonchev–Trinajstić information content (AvgIpc) is 2.40. The van der Waals surface area contributed by atoms with Gasteiger partial charge in [-0.25, -0.2) is 0 Å². The first kappa shape index (κ1) is 12.8. The first-order valence-electron chi connectivity index (χ1n) is 5.88. The van der Waals surface area contributed by atoms with E-state index in [4.69, 9.17) is 16.3 Å². The molecule has 18 heavy (non-hydrogen) atoms. The number of hydrogen-bond acceptors (Lipinski definition) is 3. The standard InChI is InChI=1S/C14H15ClN2O/c1-4-11-5-7-12(8-6-11)18-14-10(3)9(2)13(15)16-17-14/h5-8H,4H2,1-3H3. The van der Waals surface area contributed by atoms with Crippen molar-refractivity contribution in [3.8, 4) is 11.6 Å².